The smallest absolute Gasteiger partial charge is 0.323 e. The normalized spacial score (nSPS) is 20.1. The zero-order chi connectivity index (χ0) is 16.1. The van der Waals surface area contributed by atoms with Crippen molar-refractivity contribution in [3.8, 4) is 0 Å². The summed E-state index contributed by atoms with van der Waals surface area (Å²) < 4.78 is 5.02. The first-order chi connectivity index (χ1) is 10.7. The molecule has 0 aromatic rings. The molecule has 130 valence electrons. The Balaban J connectivity index is 1.83. The molecule has 1 heterocycles. The number of rotatable bonds is 15. The Bertz CT molecular complexity index is 287. The molecule has 1 saturated heterocycles. The van der Waals surface area contributed by atoms with Crippen LogP contribution in [0.25, 0.3) is 0 Å². The fraction of sp³-hybridized carbons (Fsp3) is 0.947. The summed E-state index contributed by atoms with van der Waals surface area (Å²) in [5.74, 6) is 1.01. The van der Waals surface area contributed by atoms with Crippen molar-refractivity contribution in [2.24, 2.45) is 0 Å². The van der Waals surface area contributed by atoms with Gasteiger partial charge in [-0.3, -0.25) is 4.79 Å². The van der Waals surface area contributed by atoms with Gasteiger partial charge in [-0.2, -0.15) is 0 Å². The molecule has 0 radical (unpaired) electrons. The quantitative estimate of drug-likeness (QED) is 0.205. The second-order valence-electron chi connectivity index (χ2n) is 6.64. The van der Waals surface area contributed by atoms with Crippen molar-refractivity contribution in [2.75, 3.05) is 12.4 Å². The van der Waals surface area contributed by atoms with Crippen LogP contribution in [0.5, 0.6) is 0 Å². The summed E-state index contributed by atoms with van der Waals surface area (Å²) in [4.78, 5) is 11.8. The van der Waals surface area contributed by atoms with Crippen molar-refractivity contribution < 1.29 is 9.53 Å². The Hall–Kier alpha value is -0.180. The van der Waals surface area contributed by atoms with Crippen molar-refractivity contribution in [2.45, 2.75) is 102 Å². The van der Waals surface area contributed by atoms with Crippen LogP contribution < -0.4 is 0 Å². The topological polar surface area (TPSA) is 26.3 Å². The van der Waals surface area contributed by atoms with Gasteiger partial charge in [0.25, 0.3) is 0 Å². The molecule has 1 aliphatic heterocycles. The zero-order valence-corrected chi connectivity index (χ0v) is 15.6. The van der Waals surface area contributed by atoms with Crippen LogP contribution >= 0.6 is 11.8 Å². The molecule has 1 atom stereocenters. The number of carbonyl (C=O) groups excluding carboxylic acids is 1. The average Bonchev–Trinajstić information content (AvgIpc) is 3.30. The highest BCUT2D eigenvalue weighted by Gasteiger charge is 2.51. The van der Waals surface area contributed by atoms with Crippen LogP contribution in [0.15, 0.2) is 0 Å². The van der Waals surface area contributed by atoms with Crippen LogP contribution in [-0.2, 0) is 9.53 Å². The van der Waals surface area contributed by atoms with E-state index in [4.69, 9.17) is 4.74 Å². The number of thioether (sulfide) groups is 1. The molecule has 0 aromatic carbocycles. The van der Waals surface area contributed by atoms with Gasteiger partial charge in [-0.1, -0.05) is 84.0 Å². The molecule has 0 aliphatic carbocycles. The standard InChI is InChI=1S/C19H36O2S/c1-3-5-6-7-8-9-10-11-12-13-14-15-16-19(17-22-19)18(20)21-4-2/h3-17H2,1-2H3. The van der Waals surface area contributed by atoms with Crippen LogP contribution in [0.1, 0.15) is 97.3 Å². The summed E-state index contributed by atoms with van der Waals surface area (Å²) in [6.07, 6.45) is 17.5. The first-order valence-electron chi connectivity index (χ1n) is 9.56. The molecule has 0 amide bonds. The maximum Gasteiger partial charge on any atom is 0.323 e. The molecular weight excluding hydrogens is 292 g/mol. The minimum absolute atomic E-state index is 0.0306. The lowest BCUT2D eigenvalue weighted by molar-refractivity contribution is -0.144. The SMILES string of the molecule is CCCCCCCCCCCCCCC1(C(=O)OCC)CS1. The van der Waals surface area contributed by atoms with E-state index in [2.05, 4.69) is 6.92 Å². The van der Waals surface area contributed by atoms with E-state index < -0.39 is 0 Å². The molecule has 0 aromatic heterocycles. The monoisotopic (exact) mass is 328 g/mol. The fourth-order valence-corrected chi connectivity index (χ4v) is 3.87. The molecule has 1 rings (SSSR count). The minimum Gasteiger partial charge on any atom is -0.465 e. The van der Waals surface area contributed by atoms with Gasteiger partial charge < -0.3 is 4.74 Å². The van der Waals surface area contributed by atoms with Gasteiger partial charge in [0.2, 0.25) is 0 Å². The van der Waals surface area contributed by atoms with E-state index in [1.54, 1.807) is 11.8 Å². The van der Waals surface area contributed by atoms with Gasteiger partial charge in [0.1, 0.15) is 4.75 Å². The Morgan fingerprint density at radius 2 is 1.32 bits per heavy atom. The minimum atomic E-state index is -0.144. The van der Waals surface area contributed by atoms with Crippen LogP contribution in [0.4, 0.5) is 0 Å². The highest BCUT2D eigenvalue weighted by Crippen LogP contribution is 2.49. The van der Waals surface area contributed by atoms with Crippen molar-refractivity contribution in [3.05, 3.63) is 0 Å². The number of hydrogen-bond acceptors (Lipinski definition) is 3. The second-order valence-corrected chi connectivity index (χ2v) is 8.00. The van der Waals surface area contributed by atoms with E-state index in [1.165, 1.54) is 77.0 Å². The molecule has 0 N–H and O–H groups in total. The molecule has 0 bridgehead atoms. The molecule has 1 aliphatic rings. The van der Waals surface area contributed by atoms with E-state index in [-0.39, 0.29) is 10.7 Å². The average molecular weight is 329 g/mol. The first-order valence-corrected chi connectivity index (χ1v) is 10.5. The van der Waals surface area contributed by atoms with Crippen molar-refractivity contribution in [3.63, 3.8) is 0 Å². The van der Waals surface area contributed by atoms with Crippen LogP contribution in [0, 0.1) is 0 Å². The van der Waals surface area contributed by atoms with Crippen molar-refractivity contribution >= 4 is 17.7 Å². The maximum atomic E-state index is 11.8. The largest absolute Gasteiger partial charge is 0.465 e. The lowest BCUT2D eigenvalue weighted by Crippen LogP contribution is -2.25. The van der Waals surface area contributed by atoms with Crippen LogP contribution in [0.3, 0.4) is 0 Å². The first kappa shape index (κ1) is 19.9. The van der Waals surface area contributed by atoms with Crippen molar-refractivity contribution in [1.82, 2.24) is 0 Å². The maximum absolute atomic E-state index is 11.8. The van der Waals surface area contributed by atoms with Gasteiger partial charge in [-0.05, 0) is 13.3 Å². The van der Waals surface area contributed by atoms with Gasteiger partial charge in [0, 0.05) is 5.75 Å². The Kier molecular flexibility index (Phi) is 11.1. The molecular formula is C19H36O2S. The van der Waals surface area contributed by atoms with Gasteiger partial charge in [-0.15, -0.1) is 11.8 Å². The van der Waals surface area contributed by atoms with E-state index in [0.717, 1.165) is 12.2 Å². The Labute approximate surface area is 142 Å². The Morgan fingerprint density at radius 1 is 0.864 bits per heavy atom. The predicted octanol–water partition coefficient (Wildman–Crippen LogP) is 6.13. The molecule has 22 heavy (non-hydrogen) atoms. The lowest BCUT2D eigenvalue weighted by atomic mass is 10.0. The third-order valence-electron chi connectivity index (χ3n) is 4.57. The van der Waals surface area contributed by atoms with Crippen LogP contribution in [0.2, 0.25) is 0 Å². The highest BCUT2D eigenvalue weighted by molar-refractivity contribution is 8.08. The summed E-state index contributed by atoms with van der Waals surface area (Å²) >= 11 is 1.77. The number of ether oxygens (including phenoxy) is 1. The van der Waals surface area contributed by atoms with Gasteiger partial charge in [-0.25, -0.2) is 0 Å². The Morgan fingerprint density at radius 3 is 1.73 bits per heavy atom. The molecule has 1 unspecified atom stereocenters. The van der Waals surface area contributed by atoms with E-state index in [0.29, 0.717) is 6.61 Å². The van der Waals surface area contributed by atoms with Gasteiger partial charge in [0.05, 0.1) is 6.61 Å². The summed E-state index contributed by atoms with van der Waals surface area (Å²) in [5, 5.41) is 0. The van der Waals surface area contributed by atoms with Crippen molar-refractivity contribution in [1.29, 1.82) is 0 Å². The molecule has 2 nitrogen and oxygen atoms in total. The van der Waals surface area contributed by atoms with E-state index >= 15 is 0 Å². The highest BCUT2D eigenvalue weighted by atomic mass is 32.2. The second kappa shape index (κ2) is 12.3. The molecule has 1 fully saturated rings. The number of carbonyl (C=O) groups is 1. The third kappa shape index (κ3) is 8.45. The van der Waals surface area contributed by atoms with Gasteiger partial charge in [0.15, 0.2) is 0 Å². The zero-order valence-electron chi connectivity index (χ0n) is 14.8. The van der Waals surface area contributed by atoms with E-state index in [9.17, 15) is 4.79 Å². The van der Waals surface area contributed by atoms with E-state index in [1.807, 2.05) is 6.92 Å². The number of esters is 1. The lowest BCUT2D eigenvalue weighted by Gasteiger charge is -2.11. The number of hydrogen-bond donors (Lipinski definition) is 0. The predicted molar refractivity (Wildman–Crippen MR) is 97.5 cm³/mol. The molecule has 0 saturated carbocycles. The summed E-state index contributed by atoms with van der Waals surface area (Å²) in [7, 11) is 0. The summed E-state index contributed by atoms with van der Waals surface area (Å²) in [5.41, 5.74) is 0. The van der Waals surface area contributed by atoms with Crippen LogP contribution in [-0.4, -0.2) is 23.1 Å². The third-order valence-corrected chi connectivity index (χ3v) is 5.93. The summed E-state index contributed by atoms with van der Waals surface area (Å²) in [6.45, 7) is 4.68. The van der Waals surface area contributed by atoms with Gasteiger partial charge >= 0.3 is 5.97 Å². The fourth-order valence-electron chi connectivity index (χ4n) is 2.97. The number of unbranched alkanes of at least 4 members (excludes halogenated alkanes) is 11. The molecule has 0 spiro atoms. The molecule has 3 heteroatoms. The summed E-state index contributed by atoms with van der Waals surface area (Å²) in [6, 6.07) is 0.